The van der Waals surface area contributed by atoms with Crippen LogP contribution in [-0.2, 0) is 25.6 Å². The van der Waals surface area contributed by atoms with E-state index in [1.165, 1.54) is 0 Å². The molecule has 0 N–H and O–H groups in total. The van der Waals surface area contributed by atoms with Gasteiger partial charge in [0.2, 0.25) is 0 Å². The third-order valence-electron chi connectivity index (χ3n) is 3.31. The highest BCUT2D eigenvalue weighted by molar-refractivity contribution is 5.93. The summed E-state index contributed by atoms with van der Waals surface area (Å²) in [6.45, 7) is 8.02. The van der Waals surface area contributed by atoms with Crippen molar-refractivity contribution >= 4 is 11.9 Å². The maximum atomic E-state index is 12.3. The van der Waals surface area contributed by atoms with Crippen LogP contribution in [0.1, 0.15) is 33.3 Å². The fourth-order valence-electron chi connectivity index (χ4n) is 2.39. The molecule has 0 amide bonds. The van der Waals surface area contributed by atoms with Gasteiger partial charge in [0.25, 0.3) is 0 Å². The lowest BCUT2D eigenvalue weighted by Crippen LogP contribution is -2.29. The summed E-state index contributed by atoms with van der Waals surface area (Å²) in [5.74, 6) is -0.740. The van der Waals surface area contributed by atoms with E-state index in [4.69, 9.17) is 9.47 Å². The number of hydrogen-bond donors (Lipinski definition) is 0. The van der Waals surface area contributed by atoms with Crippen molar-refractivity contribution in [2.24, 2.45) is 0 Å². The number of carbonyl (C=O) groups excluding carboxylic acids is 2. The molecule has 1 aromatic rings. The van der Waals surface area contributed by atoms with Crippen LogP contribution in [0.5, 0.6) is 0 Å². The number of hydrogen-bond acceptors (Lipinski definition) is 5. The molecule has 22 heavy (non-hydrogen) atoms. The van der Waals surface area contributed by atoms with Crippen LogP contribution in [0.2, 0.25) is 0 Å². The second-order valence-corrected chi connectivity index (χ2v) is 6.33. The Hall–Kier alpha value is -1.88. The normalized spacial score (nSPS) is 23.7. The van der Waals surface area contributed by atoms with Crippen LogP contribution in [0.4, 0.5) is 0 Å². The number of esters is 2. The lowest BCUT2D eigenvalue weighted by molar-refractivity contribution is -0.156. The molecule has 0 aliphatic carbocycles. The zero-order valence-electron chi connectivity index (χ0n) is 13.5. The molecule has 1 saturated heterocycles. The molecule has 5 nitrogen and oxygen atoms in total. The van der Waals surface area contributed by atoms with Gasteiger partial charge in [-0.25, -0.2) is 0 Å². The van der Waals surface area contributed by atoms with Gasteiger partial charge in [-0.05, 0) is 33.3 Å². The van der Waals surface area contributed by atoms with E-state index in [0.29, 0.717) is 13.2 Å². The Labute approximate surface area is 131 Å². The Kier molecular flexibility index (Phi) is 4.86. The summed E-state index contributed by atoms with van der Waals surface area (Å²) in [6, 6.07) is 8.62. The molecule has 0 aromatic heterocycles. The zero-order chi connectivity index (χ0) is 16.3. The van der Waals surface area contributed by atoms with Gasteiger partial charge in [-0.3, -0.25) is 14.5 Å². The van der Waals surface area contributed by atoms with Gasteiger partial charge in [-0.1, -0.05) is 30.3 Å². The molecule has 1 fully saturated rings. The summed E-state index contributed by atoms with van der Waals surface area (Å²) in [5, 5.41) is 0. The molecule has 1 aliphatic heterocycles. The molecule has 1 aliphatic rings. The van der Waals surface area contributed by atoms with Gasteiger partial charge in [0, 0.05) is 6.54 Å². The molecule has 0 spiro atoms. The minimum absolute atomic E-state index is 0.301. The first-order chi connectivity index (χ1) is 10.3. The summed E-state index contributed by atoms with van der Waals surface area (Å²) < 4.78 is 10.5. The van der Waals surface area contributed by atoms with Gasteiger partial charge < -0.3 is 9.47 Å². The second kappa shape index (κ2) is 6.48. The van der Waals surface area contributed by atoms with Crippen molar-refractivity contribution in [3.8, 4) is 0 Å². The van der Waals surface area contributed by atoms with Crippen LogP contribution in [0.15, 0.2) is 30.3 Å². The van der Waals surface area contributed by atoms with Gasteiger partial charge in [0.05, 0.1) is 6.61 Å². The number of benzene rings is 1. The molecular weight excluding hydrogens is 282 g/mol. The summed E-state index contributed by atoms with van der Waals surface area (Å²) >= 11 is 0. The van der Waals surface area contributed by atoms with Crippen molar-refractivity contribution < 1.29 is 19.1 Å². The van der Waals surface area contributed by atoms with Crippen LogP contribution in [0.25, 0.3) is 0 Å². The molecule has 3 atom stereocenters. The Morgan fingerprint density at radius 1 is 1.09 bits per heavy atom. The number of carbonyl (C=O) groups is 2. The Morgan fingerprint density at radius 2 is 1.68 bits per heavy atom. The van der Waals surface area contributed by atoms with Gasteiger partial charge in [0.15, 0.2) is 0 Å². The van der Waals surface area contributed by atoms with Gasteiger partial charge in [-0.15, -0.1) is 0 Å². The highest BCUT2D eigenvalue weighted by Crippen LogP contribution is 2.33. The average Bonchev–Trinajstić information content (AvgIpc) is 3.12. The van der Waals surface area contributed by atoms with Crippen molar-refractivity contribution in [3.63, 3.8) is 0 Å². The van der Waals surface area contributed by atoms with Gasteiger partial charge >= 0.3 is 11.9 Å². The van der Waals surface area contributed by atoms with E-state index in [-0.39, 0.29) is 11.9 Å². The number of nitrogens with zero attached hydrogens (tertiary/aromatic N) is 1. The molecule has 0 bridgehead atoms. The summed E-state index contributed by atoms with van der Waals surface area (Å²) in [7, 11) is 0. The molecule has 1 heterocycles. The lowest BCUT2D eigenvalue weighted by atomic mass is 10.2. The highest BCUT2D eigenvalue weighted by Gasteiger charge is 2.59. The second-order valence-electron chi connectivity index (χ2n) is 6.33. The average molecular weight is 305 g/mol. The highest BCUT2D eigenvalue weighted by atomic mass is 16.6. The fourth-order valence-corrected chi connectivity index (χ4v) is 2.39. The predicted molar refractivity (Wildman–Crippen MR) is 82.0 cm³/mol. The quantitative estimate of drug-likeness (QED) is 0.616. The molecule has 0 radical (unpaired) electrons. The van der Waals surface area contributed by atoms with E-state index in [2.05, 4.69) is 0 Å². The van der Waals surface area contributed by atoms with Gasteiger partial charge in [-0.2, -0.15) is 0 Å². The predicted octanol–water partition coefficient (Wildman–Crippen LogP) is 2.14. The van der Waals surface area contributed by atoms with E-state index >= 15 is 0 Å². The first-order valence-corrected chi connectivity index (χ1v) is 7.52. The lowest BCUT2D eigenvalue weighted by Gasteiger charge is -2.19. The standard InChI is InChI=1S/C17H23NO4/c1-5-21-15(19)13-14(16(20)22-17(2,3)4)18(13)11-12-9-7-6-8-10-12/h6-10,13-14H,5,11H2,1-4H3/t13-,14+,18?/m1/s1. The van der Waals surface area contributed by atoms with Crippen LogP contribution in [-0.4, -0.2) is 41.1 Å². The third kappa shape index (κ3) is 4.07. The monoisotopic (exact) mass is 305 g/mol. The van der Waals surface area contributed by atoms with E-state index in [0.717, 1.165) is 5.56 Å². The Morgan fingerprint density at radius 3 is 2.23 bits per heavy atom. The summed E-state index contributed by atoms with van der Waals surface area (Å²) in [6.07, 6.45) is 0. The van der Waals surface area contributed by atoms with Crippen LogP contribution >= 0.6 is 0 Å². The van der Waals surface area contributed by atoms with Gasteiger partial charge in [0.1, 0.15) is 17.7 Å². The van der Waals surface area contributed by atoms with E-state index < -0.39 is 17.7 Å². The van der Waals surface area contributed by atoms with E-state index in [1.807, 2.05) is 51.1 Å². The summed E-state index contributed by atoms with van der Waals surface area (Å²) in [5.41, 5.74) is 0.472. The first-order valence-electron chi connectivity index (χ1n) is 7.52. The Bertz CT molecular complexity index is 535. The van der Waals surface area contributed by atoms with Crippen molar-refractivity contribution in [3.05, 3.63) is 35.9 Å². The van der Waals surface area contributed by atoms with Crippen molar-refractivity contribution in [2.75, 3.05) is 6.61 Å². The van der Waals surface area contributed by atoms with Crippen molar-refractivity contribution in [1.29, 1.82) is 0 Å². The molecule has 5 heteroatoms. The maximum absolute atomic E-state index is 12.3. The largest absolute Gasteiger partial charge is 0.465 e. The van der Waals surface area contributed by atoms with Crippen LogP contribution in [0.3, 0.4) is 0 Å². The fraction of sp³-hybridized carbons (Fsp3) is 0.529. The molecule has 1 unspecified atom stereocenters. The SMILES string of the molecule is CCOC(=O)[C@H]1[C@@H](C(=O)OC(C)(C)C)N1Cc1ccccc1. The minimum Gasteiger partial charge on any atom is -0.465 e. The molecular formula is C17H23NO4. The molecule has 120 valence electrons. The van der Waals surface area contributed by atoms with E-state index in [9.17, 15) is 9.59 Å². The first kappa shape index (κ1) is 16.5. The van der Waals surface area contributed by atoms with Crippen LogP contribution < -0.4 is 0 Å². The molecule has 1 aromatic carbocycles. The number of rotatable bonds is 5. The third-order valence-corrected chi connectivity index (χ3v) is 3.31. The topological polar surface area (TPSA) is 55.6 Å². The minimum atomic E-state index is -0.572. The summed E-state index contributed by atoms with van der Waals surface area (Å²) in [4.78, 5) is 26.1. The Balaban J connectivity index is 2.08. The van der Waals surface area contributed by atoms with Crippen molar-refractivity contribution in [1.82, 2.24) is 4.90 Å². The zero-order valence-corrected chi connectivity index (χ0v) is 13.5. The number of ether oxygens (including phenoxy) is 2. The smallest absolute Gasteiger partial charge is 0.326 e. The molecule has 2 rings (SSSR count). The van der Waals surface area contributed by atoms with Crippen molar-refractivity contribution in [2.45, 2.75) is 51.9 Å². The molecule has 0 saturated carbocycles. The van der Waals surface area contributed by atoms with Crippen LogP contribution in [0, 0.1) is 0 Å². The maximum Gasteiger partial charge on any atom is 0.326 e. The van der Waals surface area contributed by atoms with E-state index in [1.54, 1.807) is 11.8 Å².